The highest BCUT2D eigenvalue weighted by Gasteiger charge is 2.54. The summed E-state index contributed by atoms with van der Waals surface area (Å²) in [5.41, 5.74) is 0. The van der Waals surface area contributed by atoms with Gasteiger partial charge in [0.2, 0.25) is 5.91 Å². The number of carbonyl (C=O) groups is 2. The molecule has 1 aliphatic carbocycles. The summed E-state index contributed by atoms with van der Waals surface area (Å²) in [7, 11) is -1.14. The molecule has 1 atom stereocenters. The van der Waals surface area contributed by atoms with Crippen molar-refractivity contribution < 1.29 is 13.8 Å². The third-order valence-corrected chi connectivity index (χ3v) is 7.09. The molecule has 3 fully saturated rings. The van der Waals surface area contributed by atoms with Gasteiger partial charge in [0.05, 0.1) is 10.8 Å². The van der Waals surface area contributed by atoms with Crippen molar-refractivity contribution in [3.8, 4) is 0 Å². The average Bonchev–Trinajstić information content (AvgIpc) is 3.30. The first-order chi connectivity index (χ1) is 10.9. The van der Waals surface area contributed by atoms with E-state index in [1.807, 2.05) is 4.90 Å². The van der Waals surface area contributed by atoms with Gasteiger partial charge in [0, 0.05) is 39.0 Å². The maximum Gasteiger partial charge on any atom is 0.317 e. The third-order valence-electron chi connectivity index (χ3n) is 5.10. The molecule has 2 aliphatic heterocycles. The predicted octanol–water partition coefficient (Wildman–Crippen LogP) is 1.15. The Kier molecular flexibility index (Phi) is 4.67. The lowest BCUT2D eigenvalue weighted by molar-refractivity contribution is -0.131. The molecule has 0 bridgehead atoms. The smallest absolute Gasteiger partial charge is 0.317 e. The summed E-state index contributed by atoms with van der Waals surface area (Å²) < 4.78 is 12.6. The number of nitrogens with one attached hydrogen (secondary N) is 1. The molecule has 130 valence electrons. The molecule has 2 heterocycles. The zero-order chi connectivity index (χ0) is 16.6. The minimum absolute atomic E-state index is 0.0351. The molecule has 1 spiro atoms. The Morgan fingerprint density at radius 3 is 2.57 bits per heavy atom. The van der Waals surface area contributed by atoms with Crippen molar-refractivity contribution in [2.45, 2.75) is 44.4 Å². The van der Waals surface area contributed by atoms with E-state index in [-0.39, 0.29) is 17.7 Å². The normalized spacial score (nSPS) is 27.1. The van der Waals surface area contributed by atoms with Gasteiger partial charge >= 0.3 is 6.03 Å². The summed E-state index contributed by atoms with van der Waals surface area (Å²) in [4.78, 5) is 27.6. The first-order valence-corrected chi connectivity index (χ1v) is 9.96. The Balaban J connectivity index is 1.62. The molecule has 3 aliphatic rings. The van der Waals surface area contributed by atoms with Gasteiger partial charge in [0.15, 0.2) is 0 Å². The Morgan fingerprint density at radius 1 is 1.35 bits per heavy atom. The number of urea groups is 1. The molecular formula is C16H27N3O3S. The van der Waals surface area contributed by atoms with Crippen LogP contribution in [-0.4, -0.2) is 62.7 Å². The predicted molar refractivity (Wildman–Crippen MR) is 89.2 cm³/mol. The molecule has 6 nitrogen and oxygen atoms in total. The van der Waals surface area contributed by atoms with Crippen LogP contribution in [0.2, 0.25) is 0 Å². The maximum absolute atomic E-state index is 12.6. The van der Waals surface area contributed by atoms with Crippen molar-refractivity contribution >= 4 is 22.7 Å². The number of rotatable bonds is 4. The Labute approximate surface area is 140 Å². The first kappa shape index (κ1) is 16.7. The van der Waals surface area contributed by atoms with Crippen LogP contribution in [0.4, 0.5) is 4.79 Å². The minimum Gasteiger partial charge on any atom is -0.338 e. The summed E-state index contributed by atoms with van der Waals surface area (Å²) >= 11 is 0. The Hall–Kier alpha value is -1.11. The van der Waals surface area contributed by atoms with Crippen LogP contribution in [-0.2, 0) is 15.6 Å². The van der Waals surface area contributed by atoms with Crippen LogP contribution in [0.15, 0.2) is 0 Å². The van der Waals surface area contributed by atoms with E-state index < -0.39 is 15.7 Å². The molecule has 0 aromatic rings. The quantitative estimate of drug-likeness (QED) is 0.834. The summed E-state index contributed by atoms with van der Waals surface area (Å²) in [6.45, 7) is 6.69. The molecule has 1 saturated carbocycles. The van der Waals surface area contributed by atoms with Gasteiger partial charge < -0.3 is 15.1 Å². The molecule has 3 rings (SSSR count). The molecule has 7 heteroatoms. The SMILES string of the molecule is CC(C)CNC(=O)N1CCC2(CC1)N(CC1CC1)C(=O)CS2=O. The second kappa shape index (κ2) is 6.42. The molecule has 0 aromatic carbocycles. The summed E-state index contributed by atoms with van der Waals surface area (Å²) in [6, 6.07) is -0.0441. The zero-order valence-corrected chi connectivity index (χ0v) is 14.9. The van der Waals surface area contributed by atoms with Crippen LogP contribution in [0, 0.1) is 11.8 Å². The summed E-state index contributed by atoms with van der Waals surface area (Å²) in [5.74, 6) is 1.21. The number of hydrogen-bond donors (Lipinski definition) is 1. The van der Waals surface area contributed by atoms with Crippen LogP contribution in [0.3, 0.4) is 0 Å². The standard InChI is InChI=1S/C16H27N3O3S/c1-12(2)9-17-15(21)18-7-5-16(6-8-18)19(10-13-3-4-13)14(20)11-23(16)22/h12-13H,3-11H2,1-2H3,(H,17,21). The fraction of sp³-hybridized carbons (Fsp3) is 0.875. The zero-order valence-electron chi connectivity index (χ0n) is 14.0. The number of likely N-dealkylation sites (tertiary alicyclic amines) is 1. The van der Waals surface area contributed by atoms with E-state index in [0.717, 1.165) is 6.54 Å². The van der Waals surface area contributed by atoms with Gasteiger partial charge in [-0.2, -0.15) is 0 Å². The lowest BCUT2D eigenvalue weighted by Crippen LogP contribution is -2.57. The number of hydrogen-bond acceptors (Lipinski definition) is 3. The van der Waals surface area contributed by atoms with Gasteiger partial charge in [-0.3, -0.25) is 9.00 Å². The van der Waals surface area contributed by atoms with Crippen molar-refractivity contribution in [1.82, 2.24) is 15.1 Å². The first-order valence-electron chi connectivity index (χ1n) is 8.64. The second-order valence-electron chi connectivity index (χ2n) is 7.45. The summed E-state index contributed by atoms with van der Waals surface area (Å²) in [6.07, 6.45) is 3.62. The highest BCUT2D eigenvalue weighted by molar-refractivity contribution is 7.87. The van der Waals surface area contributed by atoms with Gasteiger partial charge in [0.25, 0.3) is 0 Å². The number of amides is 3. The van der Waals surface area contributed by atoms with E-state index in [1.54, 1.807) is 4.90 Å². The monoisotopic (exact) mass is 341 g/mol. The Bertz CT molecular complexity index is 511. The van der Waals surface area contributed by atoms with E-state index in [0.29, 0.717) is 44.3 Å². The van der Waals surface area contributed by atoms with Gasteiger partial charge in [0.1, 0.15) is 10.6 Å². The largest absolute Gasteiger partial charge is 0.338 e. The third kappa shape index (κ3) is 3.39. The van der Waals surface area contributed by atoms with Crippen molar-refractivity contribution in [2.75, 3.05) is 31.9 Å². The molecule has 1 N–H and O–H groups in total. The highest BCUT2D eigenvalue weighted by Crippen LogP contribution is 2.41. The van der Waals surface area contributed by atoms with Crippen LogP contribution in [0.1, 0.15) is 39.5 Å². The van der Waals surface area contributed by atoms with Gasteiger partial charge in [-0.15, -0.1) is 0 Å². The van der Waals surface area contributed by atoms with E-state index in [9.17, 15) is 13.8 Å². The van der Waals surface area contributed by atoms with E-state index in [4.69, 9.17) is 0 Å². The maximum atomic E-state index is 12.6. The lowest BCUT2D eigenvalue weighted by atomic mass is 10.0. The van der Waals surface area contributed by atoms with E-state index in [2.05, 4.69) is 19.2 Å². The van der Waals surface area contributed by atoms with Crippen molar-refractivity contribution in [1.29, 1.82) is 0 Å². The fourth-order valence-corrected chi connectivity index (χ4v) is 5.17. The van der Waals surface area contributed by atoms with E-state index >= 15 is 0 Å². The van der Waals surface area contributed by atoms with Crippen LogP contribution >= 0.6 is 0 Å². The number of nitrogens with zero attached hydrogens (tertiary/aromatic N) is 2. The topological polar surface area (TPSA) is 69.7 Å². The molecule has 0 radical (unpaired) electrons. The molecule has 3 amide bonds. The van der Waals surface area contributed by atoms with Crippen LogP contribution in [0.5, 0.6) is 0 Å². The van der Waals surface area contributed by atoms with E-state index in [1.165, 1.54) is 12.8 Å². The molecule has 1 unspecified atom stereocenters. The van der Waals surface area contributed by atoms with Crippen molar-refractivity contribution in [2.24, 2.45) is 11.8 Å². The second-order valence-corrected chi connectivity index (χ2v) is 9.19. The summed E-state index contributed by atoms with van der Waals surface area (Å²) in [5, 5.41) is 2.93. The molecule has 23 heavy (non-hydrogen) atoms. The van der Waals surface area contributed by atoms with Gasteiger partial charge in [-0.25, -0.2) is 4.79 Å². The Morgan fingerprint density at radius 2 is 2.00 bits per heavy atom. The van der Waals surface area contributed by atoms with Crippen LogP contribution < -0.4 is 5.32 Å². The number of carbonyl (C=O) groups excluding carboxylic acids is 2. The average molecular weight is 341 g/mol. The molecular weight excluding hydrogens is 314 g/mol. The van der Waals surface area contributed by atoms with Crippen molar-refractivity contribution in [3.05, 3.63) is 0 Å². The number of piperidine rings is 1. The minimum atomic E-state index is -1.14. The fourth-order valence-electron chi connectivity index (χ4n) is 3.46. The molecule has 2 saturated heterocycles. The van der Waals surface area contributed by atoms with Crippen molar-refractivity contribution in [3.63, 3.8) is 0 Å². The highest BCUT2D eigenvalue weighted by atomic mass is 32.2. The van der Waals surface area contributed by atoms with Gasteiger partial charge in [-0.05, 0) is 24.7 Å². The lowest BCUT2D eigenvalue weighted by Gasteiger charge is -2.43. The van der Waals surface area contributed by atoms with Crippen LogP contribution in [0.25, 0.3) is 0 Å². The molecule has 0 aromatic heterocycles. The van der Waals surface area contributed by atoms with Gasteiger partial charge in [-0.1, -0.05) is 13.8 Å².